The Morgan fingerprint density at radius 3 is 2.88 bits per heavy atom. The van der Waals surface area contributed by atoms with Crippen molar-refractivity contribution < 1.29 is 23.0 Å². The summed E-state index contributed by atoms with van der Waals surface area (Å²) in [5.74, 6) is 0.429. The first-order valence-electron chi connectivity index (χ1n) is 5.16. The second-order valence-corrected chi connectivity index (χ2v) is 4.92. The van der Waals surface area contributed by atoms with E-state index in [2.05, 4.69) is 0 Å². The summed E-state index contributed by atoms with van der Waals surface area (Å²) in [6, 6.07) is 3.26. The topological polar surface area (TPSA) is 109 Å². The van der Waals surface area contributed by atoms with Crippen LogP contribution in [0.15, 0.2) is 22.8 Å². The molecule has 17 heavy (non-hydrogen) atoms. The van der Waals surface area contributed by atoms with Crippen LogP contribution in [0.2, 0.25) is 0 Å². The Kier molecular flexibility index (Phi) is 5.29. The standard InChI is InChI=1S/C10H17NO5S/c1-2-15-7-10(9(11)12,17(13)14)6-8-4-3-5-16-8/h3-5,9,12H,2,6-7,11H2,1H3,(H,13,14)/p-1/t9-,10-/m1/s1. The lowest BCUT2D eigenvalue weighted by atomic mass is 10.0. The molecule has 1 heterocycles. The predicted molar refractivity (Wildman–Crippen MR) is 60.8 cm³/mol. The van der Waals surface area contributed by atoms with Gasteiger partial charge in [-0.15, -0.1) is 0 Å². The predicted octanol–water partition coefficient (Wildman–Crippen LogP) is -0.246. The van der Waals surface area contributed by atoms with E-state index in [0.29, 0.717) is 12.4 Å². The van der Waals surface area contributed by atoms with Crippen molar-refractivity contribution in [3.8, 4) is 0 Å². The molecule has 0 bridgehead atoms. The molecular weight excluding hydrogens is 246 g/mol. The highest BCUT2D eigenvalue weighted by Gasteiger charge is 2.39. The highest BCUT2D eigenvalue weighted by atomic mass is 32.2. The molecule has 1 rings (SSSR count). The number of ether oxygens (including phenoxy) is 1. The number of aliphatic hydroxyl groups excluding tert-OH is 1. The fourth-order valence-electron chi connectivity index (χ4n) is 1.43. The molecule has 0 spiro atoms. The number of rotatable bonds is 7. The molecule has 0 radical (unpaired) electrons. The van der Waals surface area contributed by atoms with Gasteiger partial charge >= 0.3 is 0 Å². The maximum Gasteiger partial charge on any atom is 0.121 e. The normalized spacial score (nSPS) is 18.6. The first kappa shape index (κ1) is 14.3. The summed E-state index contributed by atoms with van der Waals surface area (Å²) in [6.45, 7) is 1.88. The molecule has 0 aliphatic rings. The third-order valence-corrected chi connectivity index (χ3v) is 3.64. The number of nitrogens with two attached hydrogens (primary N) is 1. The van der Waals surface area contributed by atoms with Crippen LogP contribution in [0.5, 0.6) is 0 Å². The Balaban J connectivity index is 2.93. The lowest BCUT2D eigenvalue weighted by Gasteiger charge is -2.37. The molecular formula is C10H16NO5S-. The molecule has 0 saturated carbocycles. The van der Waals surface area contributed by atoms with Crippen LogP contribution in [0.4, 0.5) is 0 Å². The molecule has 7 heteroatoms. The maximum atomic E-state index is 11.3. The van der Waals surface area contributed by atoms with E-state index in [9.17, 15) is 13.9 Å². The molecule has 6 nitrogen and oxygen atoms in total. The summed E-state index contributed by atoms with van der Waals surface area (Å²) in [4.78, 5) is 0. The van der Waals surface area contributed by atoms with Crippen molar-refractivity contribution in [3.63, 3.8) is 0 Å². The molecule has 3 atom stereocenters. The van der Waals surface area contributed by atoms with Gasteiger partial charge in [0.05, 0.1) is 12.9 Å². The van der Waals surface area contributed by atoms with Gasteiger partial charge in [0.1, 0.15) is 16.7 Å². The summed E-state index contributed by atoms with van der Waals surface area (Å²) < 4.78 is 31.2. The molecule has 0 amide bonds. The first-order valence-corrected chi connectivity index (χ1v) is 6.23. The van der Waals surface area contributed by atoms with Crippen LogP contribution < -0.4 is 5.73 Å². The second kappa shape index (κ2) is 6.27. The quantitative estimate of drug-likeness (QED) is 0.518. The van der Waals surface area contributed by atoms with Gasteiger partial charge in [0, 0.05) is 13.0 Å². The Labute approximate surface area is 102 Å². The fourth-order valence-corrected chi connectivity index (χ4v) is 2.07. The van der Waals surface area contributed by atoms with Gasteiger partial charge < -0.3 is 24.5 Å². The van der Waals surface area contributed by atoms with E-state index in [4.69, 9.17) is 14.9 Å². The number of aliphatic hydroxyl groups is 1. The van der Waals surface area contributed by atoms with Gasteiger partial charge in [-0.2, -0.15) is 0 Å². The fraction of sp³-hybridized carbons (Fsp3) is 0.600. The average Bonchev–Trinajstić information content (AvgIpc) is 2.75. The number of hydrogen-bond acceptors (Lipinski definition) is 6. The van der Waals surface area contributed by atoms with Crippen molar-refractivity contribution in [2.24, 2.45) is 5.73 Å². The van der Waals surface area contributed by atoms with Crippen LogP contribution in [0.1, 0.15) is 12.7 Å². The van der Waals surface area contributed by atoms with Gasteiger partial charge in [0.25, 0.3) is 0 Å². The minimum Gasteiger partial charge on any atom is -0.772 e. The molecule has 98 valence electrons. The van der Waals surface area contributed by atoms with Gasteiger partial charge in [-0.1, -0.05) is 0 Å². The zero-order valence-corrected chi connectivity index (χ0v) is 10.3. The van der Waals surface area contributed by atoms with Crippen LogP contribution in [0.3, 0.4) is 0 Å². The second-order valence-electron chi connectivity index (χ2n) is 3.64. The van der Waals surface area contributed by atoms with Crippen LogP contribution in [0.25, 0.3) is 0 Å². The molecule has 0 fully saturated rings. The lowest BCUT2D eigenvalue weighted by molar-refractivity contribution is 0.0470. The summed E-state index contributed by atoms with van der Waals surface area (Å²) >= 11 is -2.59. The smallest absolute Gasteiger partial charge is 0.121 e. The van der Waals surface area contributed by atoms with Gasteiger partial charge in [0.2, 0.25) is 0 Å². The average molecular weight is 262 g/mol. The molecule has 1 unspecified atom stereocenters. The van der Waals surface area contributed by atoms with Crippen LogP contribution in [0, 0.1) is 0 Å². The largest absolute Gasteiger partial charge is 0.772 e. The van der Waals surface area contributed by atoms with Gasteiger partial charge in [-0.3, -0.25) is 4.21 Å². The number of hydrogen-bond donors (Lipinski definition) is 2. The molecule has 0 aliphatic carbocycles. The van der Waals surface area contributed by atoms with E-state index in [-0.39, 0.29) is 13.0 Å². The summed E-state index contributed by atoms with van der Waals surface area (Å²) in [5.41, 5.74) is 5.37. The molecule has 1 aromatic heterocycles. The summed E-state index contributed by atoms with van der Waals surface area (Å²) in [7, 11) is 0. The van der Waals surface area contributed by atoms with E-state index in [1.54, 1.807) is 19.1 Å². The van der Waals surface area contributed by atoms with Crippen molar-refractivity contribution >= 4 is 11.1 Å². The Hall–Kier alpha value is -0.730. The van der Waals surface area contributed by atoms with Gasteiger partial charge in [-0.25, -0.2) is 0 Å². The third-order valence-electron chi connectivity index (χ3n) is 2.48. The molecule has 0 aromatic carbocycles. The van der Waals surface area contributed by atoms with Crippen molar-refractivity contribution in [2.75, 3.05) is 13.2 Å². The third kappa shape index (κ3) is 3.36. The highest BCUT2D eigenvalue weighted by Crippen LogP contribution is 2.23. The lowest BCUT2D eigenvalue weighted by Crippen LogP contribution is -2.56. The van der Waals surface area contributed by atoms with Crippen LogP contribution in [-0.2, 0) is 22.2 Å². The van der Waals surface area contributed by atoms with Gasteiger partial charge in [-0.05, 0) is 30.1 Å². The van der Waals surface area contributed by atoms with Crippen molar-refractivity contribution in [2.45, 2.75) is 24.3 Å². The molecule has 1 aromatic rings. The first-order chi connectivity index (χ1) is 8.03. The van der Waals surface area contributed by atoms with Crippen molar-refractivity contribution in [3.05, 3.63) is 24.2 Å². The SMILES string of the molecule is CCOC[C@](Cc1ccco1)([C@H](N)O)S(=O)[O-]. The van der Waals surface area contributed by atoms with E-state index < -0.39 is 22.1 Å². The van der Waals surface area contributed by atoms with E-state index in [0.717, 1.165) is 0 Å². The van der Waals surface area contributed by atoms with Crippen molar-refractivity contribution in [1.29, 1.82) is 0 Å². The molecule has 3 N–H and O–H groups in total. The van der Waals surface area contributed by atoms with E-state index in [1.807, 2.05) is 0 Å². The Morgan fingerprint density at radius 2 is 2.47 bits per heavy atom. The van der Waals surface area contributed by atoms with Crippen LogP contribution >= 0.6 is 0 Å². The minimum absolute atomic E-state index is 0.0340. The Bertz CT molecular complexity index is 354. The minimum atomic E-state index is -2.59. The van der Waals surface area contributed by atoms with Crippen molar-refractivity contribution in [1.82, 2.24) is 0 Å². The van der Waals surface area contributed by atoms with Gasteiger partial charge in [0.15, 0.2) is 0 Å². The highest BCUT2D eigenvalue weighted by molar-refractivity contribution is 7.80. The van der Waals surface area contributed by atoms with E-state index in [1.165, 1.54) is 6.26 Å². The maximum absolute atomic E-state index is 11.3. The Morgan fingerprint density at radius 1 is 1.76 bits per heavy atom. The van der Waals surface area contributed by atoms with E-state index >= 15 is 0 Å². The van der Waals surface area contributed by atoms with Crippen LogP contribution in [-0.4, -0.2) is 38.1 Å². The number of furan rings is 1. The summed E-state index contributed by atoms with van der Waals surface area (Å²) in [5, 5.41) is 9.52. The zero-order valence-electron chi connectivity index (χ0n) is 9.50. The summed E-state index contributed by atoms with van der Waals surface area (Å²) in [6.07, 6.45) is -0.150. The monoisotopic (exact) mass is 262 g/mol. The molecule has 0 saturated heterocycles. The molecule has 0 aliphatic heterocycles. The zero-order chi connectivity index (χ0) is 12.9.